The van der Waals surface area contributed by atoms with E-state index in [-0.39, 0.29) is 118 Å². The molecule has 224 valence electrons. The van der Waals surface area contributed by atoms with Gasteiger partial charge in [-0.25, -0.2) is 30.0 Å². The molecular weight excluding hydrogens is 690 g/mol. The zero-order valence-electron chi connectivity index (χ0n) is 22.9. The van der Waals surface area contributed by atoms with Crippen molar-refractivity contribution in [2.75, 3.05) is 20.8 Å². The Morgan fingerprint density at radius 1 is 0.810 bits per heavy atom. The van der Waals surface area contributed by atoms with E-state index in [2.05, 4.69) is 13.1 Å². The predicted octanol–water partition coefficient (Wildman–Crippen LogP) is -19.3. The maximum absolute atomic E-state index is 11.7. The number of rotatable bonds is 12. The largest absolute Gasteiger partial charge is 1.00 e. The van der Waals surface area contributed by atoms with Crippen LogP contribution in [0.4, 0.5) is 0 Å². The van der Waals surface area contributed by atoms with Crippen molar-refractivity contribution in [1.29, 1.82) is 0 Å². The Morgan fingerprint density at radius 3 is 1.76 bits per heavy atom. The van der Waals surface area contributed by atoms with Gasteiger partial charge in [0, 0.05) is 14.2 Å². The van der Waals surface area contributed by atoms with Gasteiger partial charge >= 0.3 is 118 Å². The topological polar surface area (TPSA) is 329 Å². The predicted molar refractivity (Wildman–Crippen MR) is 104 cm³/mol. The fourth-order valence-electron chi connectivity index (χ4n) is 3.65. The van der Waals surface area contributed by atoms with Crippen LogP contribution < -0.4 is 128 Å². The van der Waals surface area contributed by atoms with Gasteiger partial charge in [0.25, 0.3) is 0 Å². The van der Waals surface area contributed by atoms with Gasteiger partial charge in [0.05, 0.1) is 12.6 Å². The summed E-state index contributed by atoms with van der Waals surface area (Å²) in [5, 5.41) is 32.9. The zero-order valence-corrected chi connectivity index (χ0v) is 33.4. The average molecular weight is 711 g/mol. The van der Waals surface area contributed by atoms with Gasteiger partial charge < -0.3 is 57.5 Å². The zero-order chi connectivity index (χ0) is 29.2. The molecule has 21 nitrogen and oxygen atoms in total. The van der Waals surface area contributed by atoms with Crippen LogP contribution in [0.15, 0.2) is 0 Å². The van der Waals surface area contributed by atoms with E-state index in [1.54, 1.807) is 0 Å². The van der Waals surface area contributed by atoms with Crippen molar-refractivity contribution >= 4 is 37.1 Å². The van der Waals surface area contributed by atoms with Gasteiger partial charge in [-0.15, -0.1) is 0 Å². The van der Waals surface area contributed by atoms with Gasteiger partial charge in [0.15, 0.2) is 29.0 Å². The maximum Gasteiger partial charge on any atom is 1.00 e. The van der Waals surface area contributed by atoms with Crippen molar-refractivity contribution in [3.63, 3.8) is 0 Å². The van der Waals surface area contributed by atoms with Crippen molar-refractivity contribution in [2.45, 2.75) is 61.3 Å². The summed E-state index contributed by atoms with van der Waals surface area (Å²) in [5.41, 5.74) is 0. The molecule has 0 radical (unpaired) electrons. The molecule has 0 bridgehead atoms. The summed E-state index contributed by atoms with van der Waals surface area (Å²) in [4.78, 5) is 11.7. The normalized spacial score (nSPS) is 33.6. The number of nitrogens with one attached hydrogen (secondary N) is 1. The third kappa shape index (κ3) is 14.9. The standard InChI is InChI=1S/C14H25NO20S3.4Na/c1-29-8-4(3-31-37(23,24)25)32-13(5(6(8)16)15-36(20,21)22)33-9-7(17)10(35-38(26,27)28)14(30-2)34-11(9)12(18)19;;;;/h4-11,13-17H,3H2,1-2H3,(H,18,19)(H,20,21,22)(H,23,24,25)(H,26,27,28);;;;/q;4*+1/p-4/t4-,5-,6-,7+,8-,9+,10-,11-,13-,14-;;;;/m1..../s1. The second-order valence-corrected chi connectivity index (χ2v) is 10.8. The molecule has 0 aromatic carbocycles. The van der Waals surface area contributed by atoms with Crippen LogP contribution >= 0.6 is 0 Å². The first-order valence-electron chi connectivity index (χ1n) is 9.84. The summed E-state index contributed by atoms with van der Waals surface area (Å²) in [7, 11) is -14.6. The fourth-order valence-corrected chi connectivity index (χ4v) is 5.02. The third-order valence-corrected chi connectivity index (χ3v) is 6.55. The Kier molecular flexibility index (Phi) is 23.8. The van der Waals surface area contributed by atoms with Crippen molar-refractivity contribution in [2.24, 2.45) is 0 Å². The summed E-state index contributed by atoms with van der Waals surface area (Å²) in [6.07, 6.45) is -19.5. The van der Waals surface area contributed by atoms with Crippen LogP contribution in [0.25, 0.3) is 0 Å². The number of aliphatic hydroxyl groups excluding tert-OH is 2. The van der Waals surface area contributed by atoms with E-state index in [4.69, 9.17) is 18.9 Å². The fraction of sp³-hybridized carbons (Fsp3) is 0.929. The van der Waals surface area contributed by atoms with E-state index < -0.39 is 105 Å². The molecule has 2 fully saturated rings. The van der Waals surface area contributed by atoms with Crippen molar-refractivity contribution in [1.82, 2.24) is 4.72 Å². The minimum atomic E-state index is -5.59. The summed E-state index contributed by atoms with van der Waals surface area (Å²) < 4.78 is 134. The molecule has 0 amide bonds. The minimum absolute atomic E-state index is 0. The van der Waals surface area contributed by atoms with E-state index >= 15 is 0 Å². The first kappa shape index (κ1) is 49.2. The van der Waals surface area contributed by atoms with Crippen molar-refractivity contribution in [3.8, 4) is 0 Å². The average Bonchev–Trinajstić information content (AvgIpc) is 2.75. The molecule has 0 aromatic heterocycles. The summed E-state index contributed by atoms with van der Waals surface area (Å²) in [6, 6.07) is -2.18. The number of aliphatic hydroxyl groups is 2. The van der Waals surface area contributed by atoms with Crippen LogP contribution in [0.3, 0.4) is 0 Å². The van der Waals surface area contributed by atoms with Crippen LogP contribution in [0.2, 0.25) is 0 Å². The second-order valence-electron chi connectivity index (χ2n) is 7.56. The number of carboxylic acids is 1. The van der Waals surface area contributed by atoms with Gasteiger partial charge in [0.1, 0.15) is 42.7 Å². The first-order chi connectivity index (χ1) is 17.3. The Labute approximate surface area is 328 Å². The van der Waals surface area contributed by atoms with Gasteiger partial charge in [-0.1, -0.05) is 0 Å². The summed E-state index contributed by atoms with van der Waals surface area (Å²) in [6.45, 7) is -1.18. The molecule has 0 unspecified atom stereocenters. The maximum atomic E-state index is 11.7. The molecule has 0 aromatic rings. The number of hydrogen-bond donors (Lipinski definition) is 3. The van der Waals surface area contributed by atoms with Gasteiger partial charge in [-0.3, -0.25) is 8.37 Å². The van der Waals surface area contributed by atoms with Crippen LogP contribution in [-0.2, 0) is 67.9 Å². The molecule has 42 heavy (non-hydrogen) atoms. The van der Waals surface area contributed by atoms with Gasteiger partial charge in [-0.2, -0.15) is 0 Å². The number of aliphatic carboxylic acids is 1. The minimum Gasteiger partial charge on any atom is -0.735 e. The van der Waals surface area contributed by atoms with Gasteiger partial charge in [0.2, 0.25) is 20.8 Å². The molecule has 2 aliphatic rings. The molecule has 10 atom stereocenters. The molecule has 2 saturated heterocycles. The monoisotopic (exact) mass is 711 g/mol. The van der Waals surface area contributed by atoms with Gasteiger partial charge in [-0.05, 0) is 0 Å². The van der Waals surface area contributed by atoms with E-state index in [0.29, 0.717) is 0 Å². The smallest absolute Gasteiger partial charge is 0.735 e. The van der Waals surface area contributed by atoms with Crippen LogP contribution in [0.5, 0.6) is 0 Å². The van der Waals surface area contributed by atoms with E-state index in [1.165, 1.54) is 4.72 Å². The molecule has 3 N–H and O–H groups in total. The SMILES string of the molecule is CO[C@@H]1O[C@@H](C(=O)[O-])[C@@H](O[C@H]2O[C@H](COS(=O)(=O)[O-])[C@@H](OC)[C@H](O)[C@H]2NS(=O)(=O)[O-])[C@H](O)[C@H]1OS(=O)(=O)[O-].[Na+].[Na+].[Na+].[Na+]. The molecule has 2 aliphatic heterocycles. The van der Waals surface area contributed by atoms with Crippen LogP contribution in [0.1, 0.15) is 0 Å². The Hall–Kier alpha value is 2.80. The number of hydrogen-bond acceptors (Lipinski definition) is 20. The number of carbonyl (C=O) groups excluding carboxylic acids is 1. The second kappa shape index (κ2) is 20.3. The Bertz CT molecular complexity index is 1160. The van der Waals surface area contributed by atoms with E-state index in [1.807, 2.05) is 0 Å². The third-order valence-electron chi connectivity index (χ3n) is 5.11. The van der Waals surface area contributed by atoms with Crippen LogP contribution in [0, 0.1) is 0 Å². The molecule has 2 rings (SSSR count). The number of carboxylic acid groups (broad SMARTS) is 1. The number of carbonyl (C=O) groups is 1. The quantitative estimate of drug-likeness (QED) is 0.0961. The Balaban J connectivity index is -0.00000380. The Morgan fingerprint density at radius 2 is 1.36 bits per heavy atom. The number of ether oxygens (including phenoxy) is 5. The first-order valence-corrected chi connectivity index (χ1v) is 13.9. The molecule has 0 saturated carbocycles. The van der Waals surface area contributed by atoms with E-state index in [0.717, 1.165) is 14.2 Å². The molecular formula is C14H21NNa4O20S3. The van der Waals surface area contributed by atoms with Crippen molar-refractivity contribution in [3.05, 3.63) is 0 Å². The molecule has 0 aliphatic carbocycles. The van der Waals surface area contributed by atoms with Crippen molar-refractivity contribution < 1.29 is 209 Å². The summed E-state index contributed by atoms with van der Waals surface area (Å²) in [5.74, 6) is -2.14. The molecule has 2 heterocycles. The van der Waals surface area contributed by atoms with Crippen LogP contribution in [-0.4, -0.2) is 137 Å². The summed E-state index contributed by atoms with van der Waals surface area (Å²) >= 11 is 0. The number of methoxy groups -OCH3 is 2. The molecule has 0 spiro atoms. The van der Waals surface area contributed by atoms with E-state index in [9.17, 15) is 59.0 Å². The molecule has 28 heteroatoms.